The SMILES string of the molecule is CCCNc1ncnc(N2CCC(C)C(C)C2)c1C(C)C. The standard InChI is InChI=1S/C17H30N4/c1-6-8-18-16-15(12(2)3)17(20-11-19-16)21-9-7-13(4)14(5)10-21/h11-14H,6-10H2,1-5H3,(H,18,19,20). The van der Waals surface area contributed by atoms with E-state index in [0.29, 0.717) is 5.92 Å². The summed E-state index contributed by atoms with van der Waals surface area (Å²) in [6, 6.07) is 0. The Bertz CT molecular complexity index is 458. The topological polar surface area (TPSA) is 41.1 Å². The number of rotatable bonds is 5. The highest BCUT2D eigenvalue weighted by Crippen LogP contribution is 2.34. The zero-order chi connectivity index (χ0) is 15.4. The van der Waals surface area contributed by atoms with Gasteiger partial charge in [-0.25, -0.2) is 9.97 Å². The van der Waals surface area contributed by atoms with Crippen molar-refractivity contribution < 1.29 is 0 Å². The monoisotopic (exact) mass is 290 g/mol. The highest BCUT2D eigenvalue weighted by molar-refractivity contribution is 5.60. The minimum atomic E-state index is 0.426. The summed E-state index contributed by atoms with van der Waals surface area (Å²) in [6.07, 6.45) is 4.07. The van der Waals surface area contributed by atoms with Crippen molar-refractivity contribution in [3.8, 4) is 0 Å². The first kappa shape index (κ1) is 16.1. The molecule has 1 fully saturated rings. The van der Waals surface area contributed by atoms with Gasteiger partial charge in [-0.2, -0.15) is 0 Å². The number of hydrogen-bond acceptors (Lipinski definition) is 4. The van der Waals surface area contributed by atoms with Gasteiger partial charge in [0.05, 0.1) is 0 Å². The molecule has 118 valence electrons. The van der Waals surface area contributed by atoms with E-state index in [2.05, 4.69) is 54.8 Å². The maximum absolute atomic E-state index is 4.63. The minimum Gasteiger partial charge on any atom is -0.370 e. The van der Waals surface area contributed by atoms with E-state index in [1.807, 2.05) is 0 Å². The molecule has 0 spiro atoms. The molecule has 0 aromatic carbocycles. The number of anilines is 2. The highest BCUT2D eigenvalue weighted by atomic mass is 15.2. The van der Waals surface area contributed by atoms with Gasteiger partial charge in [0.25, 0.3) is 0 Å². The smallest absolute Gasteiger partial charge is 0.137 e. The Morgan fingerprint density at radius 3 is 2.67 bits per heavy atom. The fraction of sp³-hybridized carbons (Fsp3) is 0.765. The van der Waals surface area contributed by atoms with E-state index >= 15 is 0 Å². The van der Waals surface area contributed by atoms with Crippen LogP contribution < -0.4 is 10.2 Å². The summed E-state index contributed by atoms with van der Waals surface area (Å²) in [5.41, 5.74) is 1.27. The van der Waals surface area contributed by atoms with E-state index in [1.165, 1.54) is 12.0 Å². The Labute approximate surface area is 129 Å². The fourth-order valence-electron chi connectivity index (χ4n) is 3.01. The lowest BCUT2D eigenvalue weighted by Gasteiger charge is -2.37. The number of piperidine rings is 1. The molecule has 2 unspecified atom stereocenters. The summed E-state index contributed by atoms with van der Waals surface area (Å²) in [4.78, 5) is 11.6. The van der Waals surface area contributed by atoms with Gasteiger partial charge in [-0.1, -0.05) is 34.6 Å². The first-order valence-corrected chi connectivity index (χ1v) is 8.38. The molecule has 0 amide bonds. The molecule has 21 heavy (non-hydrogen) atoms. The Hall–Kier alpha value is -1.32. The molecule has 4 nitrogen and oxygen atoms in total. The van der Waals surface area contributed by atoms with Gasteiger partial charge in [0.2, 0.25) is 0 Å². The minimum absolute atomic E-state index is 0.426. The van der Waals surface area contributed by atoms with Gasteiger partial charge in [0, 0.05) is 25.2 Å². The summed E-state index contributed by atoms with van der Waals surface area (Å²) in [6.45, 7) is 14.5. The van der Waals surface area contributed by atoms with Crippen LogP contribution in [0.15, 0.2) is 6.33 Å². The molecule has 1 N–H and O–H groups in total. The quantitative estimate of drug-likeness (QED) is 0.893. The molecule has 2 heterocycles. The normalized spacial score (nSPS) is 22.7. The fourth-order valence-corrected chi connectivity index (χ4v) is 3.01. The van der Waals surface area contributed by atoms with Crippen LogP contribution in [0.3, 0.4) is 0 Å². The van der Waals surface area contributed by atoms with Gasteiger partial charge >= 0.3 is 0 Å². The molecule has 1 aromatic rings. The van der Waals surface area contributed by atoms with E-state index in [-0.39, 0.29) is 0 Å². The average molecular weight is 290 g/mol. The summed E-state index contributed by atoms with van der Waals surface area (Å²) in [5.74, 6) is 4.11. The maximum Gasteiger partial charge on any atom is 0.137 e. The molecule has 0 aliphatic carbocycles. The molecule has 1 saturated heterocycles. The van der Waals surface area contributed by atoms with Gasteiger partial charge in [-0.15, -0.1) is 0 Å². The zero-order valence-electron chi connectivity index (χ0n) is 14.2. The van der Waals surface area contributed by atoms with E-state index in [1.54, 1.807) is 6.33 Å². The van der Waals surface area contributed by atoms with Crippen molar-refractivity contribution in [2.45, 2.75) is 53.4 Å². The molecule has 1 aliphatic heterocycles. The van der Waals surface area contributed by atoms with Crippen molar-refractivity contribution >= 4 is 11.6 Å². The lowest BCUT2D eigenvalue weighted by atomic mass is 9.88. The van der Waals surface area contributed by atoms with Gasteiger partial charge in [0.1, 0.15) is 18.0 Å². The van der Waals surface area contributed by atoms with Crippen LogP contribution in [0.2, 0.25) is 0 Å². The number of nitrogens with one attached hydrogen (secondary N) is 1. The molecule has 2 rings (SSSR count). The summed E-state index contributed by atoms with van der Waals surface area (Å²) in [7, 11) is 0. The van der Waals surface area contributed by atoms with Crippen LogP contribution in [0.25, 0.3) is 0 Å². The first-order chi connectivity index (χ1) is 10.0. The van der Waals surface area contributed by atoms with Crippen LogP contribution in [0.4, 0.5) is 11.6 Å². The summed E-state index contributed by atoms with van der Waals surface area (Å²) < 4.78 is 0. The third-order valence-corrected chi connectivity index (χ3v) is 4.62. The second-order valence-corrected chi connectivity index (χ2v) is 6.73. The van der Waals surface area contributed by atoms with Crippen molar-refractivity contribution in [2.24, 2.45) is 11.8 Å². The average Bonchev–Trinajstić information content (AvgIpc) is 2.47. The van der Waals surface area contributed by atoms with Crippen LogP contribution in [-0.4, -0.2) is 29.6 Å². The van der Waals surface area contributed by atoms with Gasteiger partial charge < -0.3 is 10.2 Å². The second-order valence-electron chi connectivity index (χ2n) is 6.73. The predicted molar refractivity (Wildman–Crippen MR) is 90.1 cm³/mol. The van der Waals surface area contributed by atoms with Crippen LogP contribution in [0.5, 0.6) is 0 Å². The van der Waals surface area contributed by atoms with Crippen molar-refractivity contribution in [2.75, 3.05) is 29.9 Å². The molecule has 0 saturated carbocycles. The first-order valence-electron chi connectivity index (χ1n) is 8.38. The molecule has 4 heteroatoms. The zero-order valence-corrected chi connectivity index (χ0v) is 14.2. The Balaban J connectivity index is 2.29. The molecule has 2 atom stereocenters. The van der Waals surface area contributed by atoms with Crippen molar-refractivity contribution in [1.29, 1.82) is 0 Å². The second kappa shape index (κ2) is 7.10. The summed E-state index contributed by atoms with van der Waals surface area (Å²) in [5, 5.41) is 3.47. The van der Waals surface area contributed by atoms with Gasteiger partial charge in [0.15, 0.2) is 0 Å². The number of aromatic nitrogens is 2. The van der Waals surface area contributed by atoms with Crippen molar-refractivity contribution in [1.82, 2.24) is 9.97 Å². The molecule has 1 aromatic heterocycles. The Morgan fingerprint density at radius 2 is 2.05 bits per heavy atom. The number of nitrogens with zero attached hydrogens (tertiary/aromatic N) is 3. The molecule has 0 bridgehead atoms. The van der Waals surface area contributed by atoms with Crippen LogP contribution >= 0.6 is 0 Å². The Morgan fingerprint density at radius 1 is 1.29 bits per heavy atom. The van der Waals surface area contributed by atoms with E-state index in [4.69, 9.17) is 0 Å². The van der Waals surface area contributed by atoms with Crippen LogP contribution in [-0.2, 0) is 0 Å². The van der Waals surface area contributed by atoms with E-state index in [9.17, 15) is 0 Å². The van der Waals surface area contributed by atoms with E-state index in [0.717, 1.165) is 49.5 Å². The Kier molecular flexibility index (Phi) is 5.43. The maximum atomic E-state index is 4.63. The highest BCUT2D eigenvalue weighted by Gasteiger charge is 2.26. The van der Waals surface area contributed by atoms with Crippen LogP contribution in [0.1, 0.15) is 58.9 Å². The van der Waals surface area contributed by atoms with Gasteiger partial charge in [-0.3, -0.25) is 0 Å². The lowest BCUT2D eigenvalue weighted by Crippen LogP contribution is -2.39. The molecular formula is C17H30N4. The third kappa shape index (κ3) is 3.66. The molecular weight excluding hydrogens is 260 g/mol. The molecule has 1 aliphatic rings. The van der Waals surface area contributed by atoms with E-state index < -0.39 is 0 Å². The van der Waals surface area contributed by atoms with Gasteiger partial charge in [-0.05, 0) is 30.6 Å². The largest absolute Gasteiger partial charge is 0.370 e. The number of hydrogen-bond donors (Lipinski definition) is 1. The molecule has 0 radical (unpaired) electrons. The third-order valence-electron chi connectivity index (χ3n) is 4.62. The lowest BCUT2D eigenvalue weighted by molar-refractivity contribution is 0.322. The predicted octanol–water partition coefficient (Wildman–Crippen LogP) is 3.90. The van der Waals surface area contributed by atoms with Crippen molar-refractivity contribution in [3.63, 3.8) is 0 Å². The van der Waals surface area contributed by atoms with Crippen LogP contribution in [0, 0.1) is 11.8 Å². The van der Waals surface area contributed by atoms with Crippen molar-refractivity contribution in [3.05, 3.63) is 11.9 Å². The summed E-state index contributed by atoms with van der Waals surface area (Å²) >= 11 is 0.